The van der Waals surface area contributed by atoms with Gasteiger partial charge in [0.25, 0.3) is 5.91 Å². The highest BCUT2D eigenvalue weighted by molar-refractivity contribution is 9.10. The molecule has 1 saturated heterocycles. The number of carbonyl (C=O) groups excluding carboxylic acids is 2. The van der Waals surface area contributed by atoms with Crippen LogP contribution in [0, 0.1) is 0 Å². The fourth-order valence-electron chi connectivity index (χ4n) is 4.12. The van der Waals surface area contributed by atoms with Crippen LogP contribution in [0.15, 0.2) is 58.6 Å². The molecule has 3 rings (SSSR count). The van der Waals surface area contributed by atoms with Gasteiger partial charge in [-0.3, -0.25) is 9.59 Å². The fourth-order valence-corrected chi connectivity index (χ4v) is 4.38. The third-order valence-corrected chi connectivity index (χ3v) is 6.51. The summed E-state index contributed by atoms with van der Waals surface area (Å²) in [7, 11) is 1.52. The average Bonchev–Trinajstić information content (AvgIpc) is 3.07. The molecule has 1 atom stereocenters. The number of carbonyl (C=O) groups is 2. The summed E-state index contributed by atoms with van der Waals surface area (Å²) in [6.07, 6.45) is 0.754. The highest BCUT2D eigenvalue weighted by atomic mass is 79.9. The van der Waals surface area contributed by atoms with E-state index in [1.165, 1.54) is 12.0 Å². The van der Waals surface area contributed by atoms with Gasteiger partial charge in [-0.15, -0.1) is 0 Å². The Balaban J connectivity index is 2.03. The molecule has 1 aliphatic rings. The molecule has 2 aromatic rings. The van der Waals surface area contributed by atoms with E-state index in [0.29, 0.717) is 17.9 Å². The SMILES string of the molecule is CC[NH+](CC)CCCN1C(=O)C(=O)C(=C([O-])c2cccc(OC)c2)C1c1ccc(Br)cc1. The van der Waals surface area contributed by atoms with Crippen molar-refractivity contribution in [3.8, 4) is 5.75 Å². The molecule has 170 valence electrons. The Morgan fingerprint density at radius 1 is 1.12 bits per heavy atom. The maximum Gasteiger partial charge on any atom is 0.295 e. The summed E-state index contributed by atoms with van der Waals surface area (Å²) in [5.74, 6) is -1.25. The highest BCUT2D eigenvalue weighted by Gasteiger charge is 2.43. The number of halogens is 1. The standard InChI is InChI=1S/C25H29BrN2O4/c1-4-27(5-2)14-7-15-28-22(17-10-12-19(26)13-11-17)21(24(30)25(28)31)23(29)18-8-6-9-20(16-18)32-3/h6,8-13,16,22,29H,4-5,7,14-15H2,1-3H3. The molecule has 0 bridgehead atoms. The van der Waals surface area contributed by atoms with Gasteiger partial charge in [0, 0.05) is 23.0 Å². The van der Waals surface area contributed by atoms with Crippen molar-refractivity contribution in [3.05, 3.63) is 69.7 Å². The summed E-state index contributed by atoms with van der Waals surface area (Å²) in [5, 5.41) is 13.4. The van der Waals surface area contributed by atoms with Gasteiger partial charge in [-0.2, -0.15) is 0 Å². The lowest BCUT2D eigenvalue weighted by Gasteiger charge is -2.28. The summed E-state index contributed by atoms with van der Waals surface area (Å²) in [4.78, 5) is 29.0. The van der Waals surface area contributed by atoms with Crippen molar-refractivity contribution in [1.29, 1.82) is 0 Å². The lowest BCUT2D eigenvalue weighted by atomic mass is 9.95. The first-order valence-electron chi connectivity index (χ1n) is 10.9. The van der Waals surface area contributed by atoms with E-state index in [1.54, 1.807) is 29.2 Å². The molecule has 1 amide bonds. The van der Waals surface area contributed by atoms with Crippen LogP contribution in [0.3, 0.4) is 0 Å². The zero-order valence-electron chi connectivity index (χ0n) is 18.7. The van der Waals surface area contributed by atoms with E-state index in [2.05, 4.69) is 29.8 Å². The first-order valence-corrected chi connectivity index (χ1v) is 11.7. The van der Waals surface area contributed by atoms with Crippen LogP contribution >= 0.6 is 15.9 Å². The number of likely N-dealkylation sites (tertiary alicyclic amines) is 1. The number of quaternary nitrogens is 1. The topological polar surface area (TPSA) is 74.1 Å². The maximum atomic E-state index is 13.4. The second-order valence-corrected chi connectivity index (χ2v) is 8.73. The van der Waals surface area contributed by atoms with Crippen LogP contribution in [0.25, 0.3) is 5.76 Å². The first kappa shape index (κ1) is 24.0. The second kappa shape index (κ2) is 10.8. The lowest BCUT2D eigenvalue weighted by molar-refractivity contribution is -0.896. The normalized spacial score (nSPS) is 17.9. The molecular weight excluding hydrogens is 472 g/mol. The van der Waals surface area contributed by atoms with E-state index in [-0.39, 0.29) is 5.57 Å². The molecule has 7 heteroatoms. The van der Waals surface area contributed by atoms with Crippen molar-refractivity contribution >= 4 is 33.4 Å². The molecule has 0 aliphatic carbocycles. The van der Waals surface area contributed by atoms with Crippen molar-refractivity contribution in [2.24, 2.45) is 0 Å². The Labute approximate surface area is 197 Å². The number of rotatable bonds is 9. The highest BCUT2D eigenvalue weighted by Crippen LogP contribution is 2.39. The molecule has 6 nitrogen and oxygen atoms in total. The second-order valence-electron chi connectivity index (χ2n) is 7.82. The van der Waals surface area contributed by atoms with E-state index >= 15 is 0 Å². The van der Waals surface area contributed by atoms with Crippen molar-refractivity contribution in [3.63, 3.8) is 0 Å². The summed E-state index contributed by atoms with van der Waals surface area (Å²) >= 11 is 3.43. The summed E-state index contributed by atoms with van der Waals surface area (Å²) < 4.78 is 6.11. The van der Waals surface area contributed by atoms with E-state index in [9.17, 15) is 14.7 Å². The van der Waals surface area contributed by atoms with Gasteiger partial charge in [-0.25, -0.2) is 0 Å². The van der Waals surface area contributed by atoms with Crippen LogP contribution in [0.1, 0.15) is 37.4 Å². The Morgan fingerprint density at radius 3 is 2.44 bits per heavy atom. The number of nitrogens with zero attached hydrogens (tertiary/aromatic N) is 1. The summed E-state index contributed by atoms with van der Waals surface area (Å²) in [6, 6.07) is 13.4. The number of ketones is 1. The summed E-state index contributed by atoms with van der Waals surface area (Å²) in [5.41, 5.74) is 1.08. The van der Waals surface area contributed by atoms with E-state index in [4.69, 9.17) is 4.74 Å². The molecule has 0 aromatic heterocycles. The Bertz CT molecular complexity index is 999. The van der Waals surface area contributed by atoms with E-state index in [0.717, 1.165) is 36.1 Å². The van der Waals surface area contributed by atoms with Gasteiger partial charge < -0.3 is 19.6 Å². The molecule has 1 aliphatic heterocycles. The zero-order valence-corrected chi connectivity index (χ0v) is 20.3. The van der Waals surface area contributed by atoms with Crippen molar-refractivity contribution in [1.82, 2.24) is 4.90 Å². The van der Waals surface area contributed by atoms with Gasteiger partial charge in [0.2, 0.25) is 5.78 Å². The molecule has 1 fully saturated rings. The predicted molar refractivity (Wildman–Crippen MR) is 125 cm³/mol. The number of nitrogens with one attached hydrogen (secondary N) is 1. The number of ether oxygens (including phenoxy) is 1. The third-order valence-electron chi connectivity index (χ3n) is 5.98. The minimum Gasteiger partial charge on any atom is -0.872 e. The third kappa shape index (κ3) is 5.05. The Kier molecular flexibility index (Phi) is 8.10. The van der Waals surface area contributed by atoms with Crippen molar-refractivity contribution < 1.29 is 24.3 Å². The lowest BCUT2D eigenvalue weighted by Crippen LogP contribution is -3.11. The van der Waals surface area contributed by atoms with Gasteiger partial charge in [0.15, 0.2) is 0 Å². The number of methoxy groups -OCH3 is 1. The molecule has 1 heterocycles. The van der Waals surface area contributed by atoms with E-state index in [1.807, 2.05) is 24.3 Å². The van der Waals surface area contributed by atoms with Crippen LogP contribution in [0.5, 0.6) is 5.75 Å². The predicted octanol–water partition coefficient (Wildman–Crippen LogP) is 2.00. The van der Waals surface area contributed by atoms with Crippen LogP contribution in [0.4, 0.5) is 0 Å². The molecule has 2 aromatic carbocycles. The van der Waals surface area contributed by atoms with Crippen LogP contribution < -0.4 is 14.7 Å². The van der Waals surface area contributed by atoms with Gasteiger partial charge in [0.05, 0.1) is 32.8 Å². The van der Waals surface area contributed by atoms with Gasteiger partial charge in [-0.05, 0) is 49.2 Å². The van der Waals surface area contributed by atoms with Gasteiger partial charge in [0.1, 0.15) is 5.75 Å². The molecule has 0 spiro atoms. The Hall–Kier alpha value is -2.64. The minimum absolute atomic E-state index is 0.000705. The number of hydrogen-bond acceptors (Lipinski definition) is 4. The maximum absolute atomic E-state index is 13.4. The smallest absolute Gasteiger partial charge is 0.295 e. The van der Waals surface area contributed by atoms with Gasteiger partial charge in [-0.1, -0.05) is 46.0 Å². The number of Topliss-reactive ketones (excluding diaryl/α,β-unsaturated/α-hetero) is 1. The molecule has 0 radical (unpaired) electrons. The minimum atomic E-state index is -0.721. The molecule has 0 saturated carbocycles. The van der Waals surface area contributed by atoms with Crippen LogP contribution in [0.2, 0.25) is 0 Å². The average molecular weight is 501 g/mol. The largest absolute Gasteiger partial charge is 0.872 e. The van der Waals surface area contributed by atoms with Crippen LogP contribution in [-0.2, 0) is 9.59 Å². The summed E-state index contributed by atoms with van der Waals surface area (Å²) in [6.45, 7) is 7.59. The zero-order chi connectivity index (χ0) is 23.3. The Morgan fingerprint density at radius 2 is 1.81 bits per heavy atom. The van der Waals surface area contributed by atoms with Crippen LogP contribution in [-0.4, -0.2) is 49.9 Å². The fraction of sp³-hybridized carbons (Fsp3) is 0.360. The number of amides is 1. The monoisotopic (exact) mass is 500 g/mol. The molecule has 1 N–H and O–H groups in total. The quantitative estimate of drug-likeness (QED) is 0.324. The van der Waals surface area contributed by atoms with E-state index < -0.39 is 23.5 Å². The number of hydrogen-bond donors (Lipinski definition) is 1. The first-order chi connectivity index (χ1) is 15.4. The molecular formula is C25H29BrN2O4. The van der Waals surface area contributed by atoms with Gasteiger partial charge >= 0.3 is 0 Å². The number of benzene rings is 2. The molecule has 32 heavy (non-hydrogen) atoms. The van der Waals surface area contributed by atoms with Crippen molar-refractivity contribution in [2.75, 3.05) is 33.3 Å². The van der Waals surface area contributed by atoms with Crippen molar-refractivity contribution in [2.45, 2.75) is 26.3 Å². The molecule has 1 unspecified atom stereocenters.